The fourth-order valence-electron chi connectivity index (χ4n) is 2.62. The first-order valence-corrected chi connectivity index (χ1v) is 9.85. The average molecular weight is 523 g/mol. The highest BCUT2D eigenvalue weighted by Crippen LogP contribution is 2.40. The molecule has 0 unspecified atom stereocenters. The Morgan fingerprint density at radius 1 is 1.39 bits per heavy atom. The van der Waals surface area contributed by atoms with Crippen LogP contribution in [0.2, 0.25) is 5.02 Å². The molecular weight excluding hydrogens is 507 g/mol. The van der Waals surface area contributed by atoms with Crippen molar-refractivity contribution in [1.29, 1.82) is 0 Å². The lowest BCUT2D eigenvalue weighted by molar-refractivity contribution is -0.249. The summed E-state index contributed by atoms with van der Waals surface area (Å²) in [6.07, 6.45) is -4.25. The van der Waals surface area contributed by atoms with Crippen molar-refractivity contribution in [2.75, 3.05) is 11.9 Å². The van der Waals surface area contributed by atoms with Crippen molar-refractivity contribution in [2.24, 2.45) is 10.7 Å². The molecule has 2 atom stereocenters. The van der Waals surface area contributed by atoms with Gasteiger partial charge in [0.05, 0.1) is 12.3 Å². The second-order valence-corrected chi connectivity index (χ2v) is 8.28. The number of ether oxygens (including phenoxy) is 2. The average Bonchev–Trinajstić information content (AvgIpc) is 2.67. The third-order valence-corrected chi connectivity index (χ3v) is 5.24. The standard InChI is InChI=1S/C18H16BrClF3N5O3/c1-16(8-30-17(2,14(24)28-16)18(21,22)23)11-4-3-5-12(26-11)27-15(29)31-13-10(20)6-9(19)7-25-13/h3-7H,8H2,1-2H3,(H2,24,28)(H,26,27,29)/t16-,17+/m0/s1. The van der Waals surface area contributed by atoms with Crippen LogP contribution in [0.25, 0.3) is 0 Å². The van der Waals surface area contributed by atoms with Crippen molar-refractivity contribution in [2.45, 2.75) is 31.2 Å². The molecule has 2 aromatic rings. The molecule has 1 amide bonds. The minimum atomic E-state index is -4.73. The molecule has 3 heterocycles. The minimum absolute atomic E-state index is 0.0647. The van der Waals surface area contributed by atoms with Crippen molar-refractivity contribution in [3.63, 3.8) is 0 Å². The summed E-state index contributed by atoms with van der Waals surface area (Å²) in [5.41, 5.74) is 1.85. The van der Waals surface area contributed by atoms with E-state index in [0.717, 1.165) is 6.92 Å². The summed E-state index contributed by atoms with van der Waals surface area (Å²) in [6, 6.07) is 6.02. The van der Waals surface area contributed by atoms with Gasteiger partial charge in [0.25, 0.3) is 0 Å². The van der Waals surface area contributed by atoms with E-state index in [2.05, 4.69) is 36.2 Å². The van der Waals surface area contributed by atoms with Crippen molar-refractivity contribution in [3.05, 3.63) is 45.7 Å². The van der Waals surface area contributed by atoms with E-state index in [9.17, 15) is 18.0 Å². The van der Waals surface area contributed by atoms with E-state index < -0.39 is 35.9 Å². The van der Waals surface area contributed by atoms with Crippen LogP contribution in [0.3, 0.4) is 0 Å². The molecule has 1 aliphatic heterocycles. The maximum absolute atomic E-state index is 13.3. The quantitative estimate of drug-likeness (QED) is 0.617. The summed E-state index contributed by atoms with van der Waals surface area (Å²) < 4.78 is 50.6. The normalized spacial score (nSPS) is 23.8. The minimum Gasteiger partial charge on any atom is -0.389 e. The molecule has 2 aromatic heterocycles. The Morgan fingerprint density at radius 3 is 2.71 bits per heavy atom. The van der Waals surface area contributed by atoms with Crippen molar-refractivity contribution >= 4 is 45.3 Å². The lowest BCUT2D eigenvalue weighted by Crippen LogP contribution is -2.60. The molecule has 31 heavy (non-hydrogen) atoms. The van der Waals surface area contributed by atoms with Gasteiger partial charge in [0, 0.05) is 10.7 Å². The van der Waals surface area contributed by atoms with Crippen LogP contribution in [0, 0.1) is 0 Å². The highest BCUT2D eigenvalue weighted by atomic mass is 79.9. The van der Waals surface area contributed by atoms with Crippen LogP contribution in [0.4, 0.5) is 23.8 Å². The fraction of sp³-hybridized carbons (Fsp3) is 0.333. The number of rotatable bonds is 3. The highest BCUT2D eigenvalue weighted by molar-refractivity contribution is 9.10. The van der Waals surface area contributed by atoms with Crippen LogP contribution >= 0.6 is 27.5 Å². The number of halogens is 5. The van der Waals surface area contributed by atoms with Gasteiger partial charge >= 0.3 is 12.3 Å². The fourth-order valence-corrected chi connectivity index (χ4v) is 3.29. The summed E-state index contributed by atoms with van der Waals surface area (Å²) in [4.78, 5) is 24.3. The predicted molar refractivity (Wildman–Crippen MR) is 110 cm³/mol. The van der Waals surface area contributed by atoms with Crippen LogP contribution in [-0.4, -0.2) is 40.3 Å². The highest BCUT2D eigenvalue weighted by Gasteiger charge is 2.59. The van der Waals surface area contributed by atoms with Gasteiger partial charge in [-0.1, -0.05) is 17.7 Å². The van der Waals surface area contributed by atoms with E-state index in [-0.39, 0.29) is 22.4 Å². The summed E-state index contributed by atoms with van der Waals surface area (Å²) in [7, 11) is 0. The zero-order chi connectivity index (χ0) is 23.0. The Labute approximate surface area is 188 Å². The lowest BCUT2D eigenvalue weighted by Gasteiger charge is -2.40. The molecule has 0 saturated carbocycles. The maximum atomic E-state index is 13.3. The number of amidine groups is 1. The van der Waals surface area contributed by atoms with Gasteiger partial charge in [0.15, 0.2) is 0 Å². The van der Waals surface area contributed by atoms with Gasteiger partial charge in [-0.2, -0.15) is 13.2 Å². The molecule has 3 rings (SSSR count). The Balaban J connectivity index is 1.79. The number of alkyl halides is 3. The number of nitrogens with one attached hydrogen (secondary N) is 1. The van der Waals surface area contributed by atoms with Crippen molar-refractivity contribution in [1.82, 2.24) is 9.97 Å². The summed E-state index contributed by atoms with van der Waals surface area (Å²) in [5.74, 6) is -0.769. The van der Waals surface area contributed by atoms with Crippen LogP contribution in [0.1, 0.15) is 19.5 Å². The lowest BCUT2D eigenvalue weighted by atomic mass is 9.93. The second-order valence-electron chi connectivity index (χ2n) is 6.95. The van der Waals surface area contributed by atoms with Gasteiger partial charge in [0.1, 0.15) is 22.2 Å². The number of hydrogen-bond acceptors (Lipinski definition) is 7. The van der Waals surface area contributed by atoms with E-state index in [1.807, 2.05) is 0 Å². The molecule has 0 fully saturated rings. The monoisotopic (exact) mass is 521 g/mol. The molecule has 0 aromatic carbocycles. The maximum Gasteiger partial charge on any atom is 0.424 e. The number of amides is 1. The molecule has 0 bridgehead atoms. The molecule has 0 spiro atoms. The van der Waals surface area contributed by atoms with Gasteiger partial charge in [-0.15, -0.1) is 0 Å². The summed E-state index contributed by atoms with van der Waals surface area (Å²) in [6.45, 7) is 1.91. The number of nitrogens with zero attached hydrogens (tertiary/aromatic N) is 3. The van der Waals surface area contributed by atoms with Gasteiger partial charge in [-0.05, 0) is 48.0 Å². The van der Waals surface area contributed by atoms with Gasteiger partial charge < -0.3 is 15.2 Å². The van der Waals surface area contributed by atoms with Gasteiger partial charge in [0.2, 0.25) is 11.5 Å². The Hall–Kier alpha value is -2.44. The van der Waals surface area contributed by atoms with Crippen molar-refractivity contribution in [3.8, 4) is 5.88 Å². The molecule has 3 N–H and O–H groups in total. The third kappa shape index (κ3) is 4.75. The molecule has 0 saturated heterocycles. The molecular formula is C18H16BrClF3N5O3. The van der Waals surface area contributed by atoms with Crippen LogP contribution in [-0.2, 0) is 10.3 Å². The van der Waals surface area contributed by atoms with E-state index in [1.165, 1.54) is 37.4 Å². The number of pyridine rings is 2. The topological polar surface area (TPSA) is 112 Å². The molecule has 13 heteroatoms. The predicted octanol–water partition coefficient (Wildman–Crippen LogP) is 4.43. The van der Waals surface area contributed by atoms with E-state index in [4.69, 9.17) is 26.8 Å². The molecule has 1 aliphatic rings. The first-order chi connectivity index (χ1) is 14.3. The van der Waals surface area contributed by atoms with E-state index >= 15 is 0 Å². The first kappa shape index (κ1) is 23.2. The number of carbonyl (C=O) groups excluding carboxylic acids is 1. The number of anilines is 1. The molecule has 166 valence electrons. The molecule has 0 aliphatic carbocycles. The Kier molecular flexibility index (Phi) is 6.18. The Bertz CT molecular complexity index is 1050. The van der Waals surface area contributed by atoms with Crippen molar-refractivity contribution < 1.29 is 27.4 Å². The first-order valence-electron chi connectivity index (χ1n) is 8.68. The number of aliphatic imine (C=N–C) groups is 1. The number of carbonyl (C=O) groups is 1. The number of hydrogen-bond donors (Lipinski definition) is 2. The van der Waals surface area contributed by atoms with E-state index in [1.54, 1.807) is 0 Å². The van der Waals surface area contributed by atoms with Gasteiger partial charge in [-0.3, -0.25) is 10.3 Å². The third-order valence-electron chi connectivity index (χ3n) is 4.53. The SMILES string of the molecule is C[C@@]1(c2cccc(NC(=O)Oc3ncc(Br)cc3Cl)n2)CO[C@@](C)(C(F)(F)F)C(N)=N1. The molecule has 0 radical (unpaired) electrons. The smallest absolute Gasteiger partial charge is 0.389 e. The molecule has 8 nitrogen and oxygen atoms in total. The van der Waals surface area contributed by atoms with Crippen LogP contribution in [0.15, 0.2) is 39.9 Å². The van der Waals surface area contributed by atoms with E-state index in [0.29, 0.717) is 4.47 Å². The summed E-state index contributed by atoms with van der Waals surface area (Å²) >= 11 is 9.14. The second kappa shape index (κ2) is 8.24. The van der Waals surface area contributed by atoms with Crippen LogP contribution < -0.4 is 15.8 Å². The Morgan fingerprint density at radius 2 is 2.10 bits per heavy atom. The van der Waals surface area contributed by atoms with Crippen LogP contribution in [0.5, 0.6) is 5.88 Å². The van der Waals surface area contributed by atoms with Gasteiger partial charge in [-0.25, -0.2) is 14.8 Å². The number of aromatic nitrogens is 2. The summed E-state index contributed by atoms with van der Waals surface area (Å²) in [5, 5.41) is 2.50. The zero-order valence-electron chi connectivity index (χ0n) is 16.1. The number of nitrogens with two attached hydrogens (primary N) is 1. The zero-order valence-corrected chi connectivity index (χ0v) is 18.5. The largest absolute Gasteiger partial charge is 0.424 e.